The van der Waals surface area contributed by atoms with Crippen LogP contribution in [0.15, 0.2) is 65.3 Å². The number of para-hydroxylation sites is 1. The number of carbonyl (C=O) groups excluding carboxylic acids is 2. The summed E-state index contributed by atoms with van der Waals surface area (Å²) in [7, 11) is 0. The highest BCUT2D eigenvalue weighted by atomic mass is 16.2. The monoisotopic (exact) mass is 361 g/mol. The summed E-state index contributed by atoms with van der Waals surface area (Å²) in [6.07, 6.45) is 1.85. The average molecular weight is 361 g/mol. The van der Waals surface area contributed by atoms with Crippen molar-refractivity contribution in [2.75, 3.05) is 10.3 Å². The van der Waals surface area contributed by atoms with Gasteiger partial charge in [-0.3, -0.25) is 9.59 Å². The maximum Gasteiger partial charge on any atom is 0.280 e. The van der Waals surface area contributed by atoms with E-state index in [1.54, 1.807) is 0 Å². The van der Waals surface area contributed by atoms with Crippen molar-refractivity contribution in [1.29, 1.82) is 0 Å². The minimum Gasteiger partial charge on any atom is -0.326 e. The number of benzene rings is 2. The molecule has 0 aliphatic carbocycles. The molecule has 2 aromatic carbocycles. The van der Waals surface area contributed by atoms with Crippen molar-refractivity contribution in [3.05, 3.63) is 65.7 Å². The lowest BCUT2D eigenvalue weighted by Crippen LogP contribution is -2.24. The van der Waals surface area contributed by atoms with Crippen LogP contribution in [-0.2, 0) is 9.59 Å². The molecule has 2 aromatic rings. The summed E-state index contributed by atoms with van der Waals surface area (Å²) in [5.74, 6) is -0.259. The second-order valence-corrected chi connectivity index (χ2v) is 7.51. The molecule has 1 N–H and O–H groups in total. The van der Waals surface area contributed by atoms with E-state index in [0.717, 1.165) is 22.6 Å². The van der Waals surface area contributed by atoms with Crippen LogP contribution < -0.4 is 10.3 Å². The van der Waals surface area contributed by atoms with Gasteiger partial charge in [-0.05, 0) is 35.9 Å². The third-order valence-corrected chi connectivity index (χ3v) is 4.13. The lowest BCUT2D eigenvalue weighted by molar-refractivity contribution is -0.115. The molecule has 1 aliphatic heterocycles. The molecule has 1 aliphatic rings. The van der Waals surface area contributed by atoms with E-state index in [0.29, 0.717) is 5.57 Å². The van der Waals surface area contributed by atoms with E-state index in [4.69, 9.17) is 0 Å². The summed E-state index contributed by atoms with van der Waals surface area (Å²) in [6, 6.07) is 16.8. The Hall–Kier alpha value is -3.21. The van der Waals surface area contributed by atoms with Crippen LogP contribution >= 0.6 is 0 Å². The maximum absolute atomic E-state index is 13.1. The highest BCUT2D eigenvalue weighted by Crippen LogP contribution is 2.32. The summed E-state index contributed by atoms with van der Waals surface area (Å²) in [5.41, 5.74) is 3.40. The SMILES string of the molecule is CC(=O)Nc1ccc(C=C2C(=O)N(c3ccccc3)N=C2C(C)(C)C)cc1. The number of hydrogen-bond donors (Lipinski definition) is 1. The Labute approximate surface area is 159 Å². The second kappa shape index (κ2) is 7.19. The first-order valence-corrected chi connectivity index (χ1v) is 8.84. The fourth-order valence-electron chi connectivity index (χ4n) is 2.88. The fourth-order valence-corrected chi connectivity index (χ4v) is 2.88. The molecule has 27 heavy (non-hydrogen) atoms. The largest absolute Gasteiger partial charge is 0.326 e. The first-order chi connectivity index (χ1) is 12.8. The number of hydrogen-bond acceptors (Lipinski definition) is 3. The molecule has 0 saturated heterocycles. The highest BCUT2D eigenvalue weighted by Gasteiger charge is 2.37. The van der Waals surface area contributed by atoms with Crippen molar-refractivity contribution in [3.63, 3.8) is 0 Å². The lowest BCUT2D eigenvalue weighted by atomic mass is 9.85. The number of nitrogens with one attached hydrogen (secondary N) is 1. The standard InChI is InChI=1S/C22H23N3O2/c1-15(26)23-17-12-10-16(11-13-17)14-19-20(22(2,3)4)24-25(21(19)27)18-8-6-5-7-9-18/h5-14H,1-4H3,(H,23,26). The van der Waals surface area contributed by atoms with Gasteiger partial charge in [0.05, 0.1) is 17.0 Å². The van der Waals surface area contributed by atoms with E-state index in [2.05, 4.69) is 10.4 Å². The van der Waals surface area contributed by atoms with Crippen LogP contribution in [-0.4, -0.2) is 17.5 Å². The molecule has 5 nitrogen and oxygen atoms in total. The number of amides is 2. The maximum atomic E-state index is 13.1. The van der Waals surface area contributed by atoms with Crippen molar-refractivity contribution in [3.8, 4) is 0 Å². The molecule has 0 fully saturated rings. The van der Waals surface area contributed by atoms with Crippen LogP contribution in [0.3, 0.4) is 0 Å². The van der Waals surface area contributed by atoms with Crippen LogP contribution in [0.5, 0.6) is 0 Å². The summed E-state index contributed by atoms with van der Waals surface area (Å²) in [5, 5.41) is 8.81. The topological polar surface area (TPSA) is 61.8 Å². The second-order valence-electron chi connectivity index (χ2n) is 7.51. The Kier molecular flexibility index (Phi) is 4.95. The van der Waals surface area contributed by atoms with E-state index in [1.165, 1.54) is 11.9 Å². The molecule has 0 radical (unpaired) electrons. The van der Waals surface area contributed by atoms with Gasteiger partial charge in [-0.1, -0.05) is 51.1 Å². The lowest BCUT2D eigenvalue weighted by Gasteiger charge is -2.18. The zero-order valence-corrected chi connectivity index (χ0v) is 16.0. The van der Waals surface area contributed by atoms with Crippen LogP contribution in [0.4, 0.5) is 11.4 Å². The van der Waals surface area contributed by atoms with Gasteiger partial charge >= 0.3 is 0 Å². The van der Waals surface area contributed by atoms with Crippen molar-refractivity contribution in [2.24, 2.45) is 10.5 Å². The Balaban J connectivity index is 1.97. The number of rotatable bonds is 3. The number of carbonyl (C=O) groups is 2. The van der Waals surface area contributed by atoms with Gasteiger partial charge in [-0.15, -0.1) is 0 Å². The van der Waals surface area contributed by atoms with Gasteiger partial charge in [-0.2, -0.15) is 10.1 Å². The van der Waals surface area contributed by atoms with Crippen LogP contribution in [0.1, 0.15) is 33.3 Å². The Bertz CT molecular complexity index is 920. The zero-order valence-electron chi connectivity index (χ0n) is 16.0. The van der Waals surface area contributed by atoms with E-state index in [1.807, 2.05) is 81.4 Å². The molecular weight excluding hydrogens is 338 g/mol. The smallest absolute Gasteiger partial charge is 0.280 e. The summed E-state index contributed by atoms with van der Waals surface area (Å²) < 4.78 is 0. The number of hydrazone groups is 1. The van der Waals surface area contributed by atoms with E-state index in [9.17, 15) is 9.59 Å². The van der Waals surface area contributed by atoms with Gasteiger partial charge in [0.15, 0.2) is 0 Å². The molecule has 0 atom stereocenters. The summed E-state index contributed by atoms with van der Waals surface area (Å²) in [6.45, 7) is 7.60. The predicted molar refractivity (Wildman–Crippen MR) is 110 cm³/mol. The normalized spacial score (nSPS) is 15.9. The number of anilines is 2. The average Bonchev–Trinajstić information content (AvgIpc) is 2.94. The van der Waals surface area contributed by atoms with Crippen LogP contribution in [0, 0.1) is 5.41 Å². The fraction of sp³-hybridized carbons (Fsp3) is 0.227. The van der Waals surface area contributed by atoms with Gasteiger partial charge in [0.25, 0.3) is 5.91 Å². The summed E-state index contributed by atoms with van der Waals surface area (Å²) in [4.78, 5) is 24.2. The first-order valence-electron chi connectivity index (χ1n) is 8.84. The Morgan fingerprint density at radius 1 is 1.04 bits per heavy atom. The van der Waals surface area contributed by atoms with Gasteiger partial charge in [-0.25, -0.2) is 0 Å². The third kappa shape index (κ3) is 4.14. The van der Waals surface area contributed by atoms with E-state index in [-0.39, 0.29) is 17.2 Å². The molecule has 0 unspecified atom stereocenters. The van der Waals surface area contributed by atoms with Gasteiger partial charge in [0.2, 0.25) is 5.91 Å². The minimum absolute atomic E-state index is 0.118. The van der Waals surface area contributed by atoms with Gasteiger partial charge in [0, 0.05) is 18.0 Å². The molecule has 0 aromatic heterocycles. The highest BCUT2D eigenvalue weighted by molar-refractivity contribution is 6.34. The van der Waals surface area contributed by atoms with Crippen molar-refractivity contribution in [2.45, 2.75) is 27.7 Å². The van der Waals surface area contributed by atoms with Crippen LogP contribution in [0.2, 0.25) is 0 Å². The molecule has 5 heteroatoms. The van der Waals surface area contributed by atoms with Gasteiger partial charge < -0.3 is 5.32 Å². The predicted octanol–water partition coefficient (Wildman–Crippen LogP) is 4.48. The molecule has 0 saturated carbocycles. The van der Waals surface area contributed by atoms with E-state index < -0.39 is 0 Å². The first kappa shape index (κ1) is 18.6. The van der Waals surface area contributed by atoms with Crippen molar-refractivity contribution < 1.29 is 9.59 Å². The molecule has 138 valence electrons. The Morgan fingerprint density at radius 3 is 2.22 bits per heavy atom. The quantitative estimate of drug-likeness (QED) is 0.820. The zero-order chi connectivity index (χ0) is 19.6. The molecular formula is C22H23N3O2. The molecule has 1 heterocycles. The molecule has 0 bridgehead atoms. The van der Waals surface area contributed by atoms with Gasteiger partial charge in [0.1, 0.15) is 0 Å². The van der Waals surface area contributed by atoms with Crippen LogP contribution in [0.25, 0.3) is 6.08 Å². The van der Waals surface area contributed by atoms with E-state index >= 15 is 0 Å². The molecule has 2 amide bonds. The number of nitrogens with zero attached hydrogens (tertiary/aromatic N) is 2. The summed E-state index contributed by atoms with van der Waals surface area (Å²) >= 11 is 0. The van der Waals surface area contributed by atoms with Crippen molar-refractivity contribution in [1.82, 2.24) is 0 Å². The molecule has 3 rings (SSSR count). The van der Waals surface area contributed by atoms with Crippen molar-refractivity contribution >= 4 is 35.0 Å². The third-order valence-electron chi connectivity index (χ3n) is 4.13. The minimum atomic E-state index is -0.277. The Morgan fingerprint density at radius 2 is 1.67 bits per heavy atom. The molecule has 0 spiro atoms.